The van der Waals surface area contributed by atoms with Crippen molar-refractivity contribution in [2.75, 3.05) is 5.32 Å². The van der Waals surface area contributed by atoms with Crippen molar-refractivity contribution in [2.24, 2.45) is 5.92 Å². The summed E-state index contributed by atoms with van der Waals surface area (Å²) in [7, 11) is 0. The van der Waals surface area contributed by atoms with Crippen LogP contribution in [0.3, 0.4) is 0 Å². The number of anilines is 1. The van der Waals surface area contributed by atoms with Gasteiger partial charge in [0.15, 0.2) is 0 Å². The van der Waals surface area contributed by atoms with E-state index in [1.165, 1.54) is 5.56 Å². The molecule has 1 aliphatic carbocycles. The lowest BCUT2D eigenvalue weighted by atomic mass is 9.80. The zero-order valence-electron chi connectivity index (χ0n) is 9.44. The van der Waals surface area contributed by atoms with E-state index in [4.69, 9.17) is 5.11 Å². The number of rotatable bonds is 4. The molecule has 0 amide bonds. The zero-order valence-corrected chi connectivity index (χ0v) is 9.44. The zero-order chi connectivity index (χ0) is 11.5. The highest BCUT2D eigenvalue weighted by Gasteiger charge is 2.34. The highest BCUT2D eigenvalue weighted by atomic mass is 16.4. The van der Waals surface area contributed by atoms with Gasteiger partial charge in [-0.2, -0.15) is 0 Å². The maximum atomic E-state index is 10.7. The van der Waals surface area contributed by atoms with E-state index in [0.29, 0.717) is 6.04 Å². The lowest BCUT2D eigenvalue weighted by Crippen LogP contribution is -2.39. The standard InChI is InChI=1S/C13H17NO2/c1-2-9-5-3-4-6-12(9)14-11-7-10(8-11)13(15)16/h3-6,10-11,14H,2,7-8H2,1H3,(H,15,16). The summed E-state index contributed by atoms with van der Waals surface area (Å²) >= 11 is 0. The Bertz CT molecular complexity index is 383. The fraction of sp³-hybridized carbons (Fsp3) is 0.462. The van der Waals surface area contributed by atoms with Crippen molar-refractivity contribution in [3.63, 3.8) is 0 Å². The first-order chi connectivity index (χ1) is 7.70. The van der Waals surface area contributed by atoms with Crippen LogP contribution in [0.15, 0.2) is 24.3 Å². The van der Waals surface area contributed by atoms with Gasteiger partial charge in [-0.15, -0.1) is 0 Å². The molecule has 0 aliphatic heterocycles. The molecule has 0 radical (unpaired) electrons. The van der Waals surface area contributed by atoms with Gasteiger partial charge in [0, 0.05) is 11.7 Å². The minimum absolute atomic E-state index is 0.147. The smallest absolute Gasteiger partial charge is 0.306 e. The van der Waals surface area contributed by atoms with Crippen LogP contribution in [0.25, 0.3) is 0 Å². The van der Waals surface area contributed by atoms with E-state index in [2.05, 4.69) is 24.4 Å². The van der Waals surface area contributed by atoms with Gasteiger partial charge in [0.2, 0.25) is 0 Å². The van der Waals surface area contributed by atoms with E-state index in [-0.39, 0.29) is 5.92 Å². The number of carbonyl (C=O) groups is 1. The van der Waals surface area contributed by atoms with Crippen LogP contribution in [0.1, 0.15) is 25.3 Å². The predicted molar refractivity (Wildman–Crippen MR) is 63.6 cm³/mol. The molecule has 0 heterocycles. The van der Waals surface area contributed by atoms with Crippen LogP contribution in [0.2, 0.25) is 0 Å². The molecule has 16 heavy (non-hydrogen) atoms. The first kappa shape index (κ1) is 11.0. The predicted octanol–water partition coefficient (Wildman–Crippen LogP) is 2.52. The summed E-state index contributed by atoms with van der Waals surface area (Å²) in [6, 6.07) is 8.54. The second-order valence-electron chi connectivity index (χ2n) is 4.36. The van der Waals surface area contributed by atoms with E-state index in [1.807, 2.05) is 12.1 Å². The van der Waals surface area contributed by atoms with E-state index >= 15 is 0 Å². The maximum absolute atomic E-state index is 10.7. The fourth-order valence-electron chi connectivity index (χ4n) is 2.13. The summed E-state index contributed by atoms with van der Waals surface area (Å²) in [4.78, 5) is 10.7. The lowest BCUT2D eigenvalue weighted by Gasteiger charge is -2.34. The molecule has 2 rings (SSSR count). The summed E-state index contributed by atoms with van der Waals surface area (Å²) in [6.07, 6.45) is 2.49. The molecular weight excluding hydrogens is 202 g/mol. The van der Waals surface area contributed by atoms with Gasteiger partial charge < -0.3 is 10.4 Å². The number of hydrogen-bond donors (Lipinski definition) is 2. The molecule has 1 saturated carbocycles. The summed E-state index contributed by atoms with van der Waals surface area (Å²) in [5.74, 6) is -0.812. The Labute approximate surface area is 95.5 Å². The van der Waals surface area contributed by atoms with Gasteiger partial charge in [-0.1, -0.05) is 25.1 Å². The number of para-hydroxylation sites is 1. The van der Waals surface area contributed by atoms with Crippen LogP contribution >= 0.6 is 0 Å². The number of carboxylic acids is 1. The fourth-order valence-corrected chi connectivity index (χ4v) is 2.13. The van der Waals surface area contributed by atoms with Gasteiger partial charge in [0.25, 0.3) is 0 Å². The average molecular weight is 219 g/mol. The largest absolute Gasteiger partial charge is 0.481 e. The molecule has 0 bridgehead atoms. The van der Waals surface area contributed by atoms with Crippen LogP contribution in [0.4, 0.5) is 5.69 Å². The number of carboxylic acid groups (broad SMARTS) is 1. The van der Waals surface area contributed by atoms with Crippen molar-refractivity contribution >= 4 is 11.7 Å². The monoisotopic (exact) mass is 219 g/mol. The molecule has 2 N–H and O–H groups in total. The molecule has 3 nitrogen and oxygen atoms in total. The molecule has 0 saturated heterocycles. The van der Waals surface area contributed by atoms with Crippen LogP contribution in [-0.4, -0.2) is 17.1 Å². The molecule has 0 atom stereocenters. The molecule has 1 aromatic carbocycles. The Morgan fingerprint density at radius 3 is 2.75 bits per heavy atom. The Kier molecular flexibility index (Phi) is 3.13. The molecule has 3 heteroatoms. The topological polar surface area (TPSA) is 49.3 Å². The van der Waals surface area contributed by atoms with Crippen LogP contribution in [0, 0.1) is 5.92 Å². The molecule has 0 aromatic heterocycles. The summed E-state index contributed by atoms with van der Waals surface area (Å²) in [5.41, 5.74) is 2.44. The van der Waals surface area contributed by atoms with E-state index in [0.717, 1.165) is 24.9 Å². The van der Waals surface area contributed by atoms with E-state index < -0.39 is 5.97 Å². The van der Waals surface area contributed by atoms with Crippen molar-refractivity contribution in [1.29, 1.82) is 0 Å². The van der Waals surface area contributed by atoms with Crippen molar-refractivity contribution in [3.8, 4) is 0 Å². The Hall–Kier alpha value is -1.51. The third-order valence-corrected chi connectivity index (χ3v) is 3.25. The second kappa shape index (κ2) is 4.56. The summed E-state index contributed by atoms with van der Waals surface area (Å²) in [5, 5.41) is 12.2. The van der Waals surface area contributed by atoms with Gasteiger partial charge in [0.1, 0.15) is 0 Å². The van der Waals surface area contributed by atoms with Crippen LogP contribution in [0.5, 0.6) is 0 Å². The Balaban J connectivity index is 1.93. The van der Waals surface area contributed by atoms with Gasteiger partial charge >= 0.3 is 5.97 Å². The molecule has 0 unspecified atom stereocenters. The number of hydrogen-bond acceptors (Lipinski definition) is 2. The second-order valence-corrected chi connectivity index (χ2v) is 4.36. The summed E-state index contributed by atoms with van der Waals surface area (Å²) < 4.78 is 0. The Morgan fingerprint density at radius 2 is 2.12 bits per heavy atom. The highest BCUT2D eigenvalue weighted by Crippen LogP contribution is 2.31. The first-order valence-electron chi connectivity index (χ1n) is 5.78. The van der Waals surface area contributed by atoms with Crippen molar-refractivity contribution in [1.82, 2.24) is 0 Å². The van der Waals surface area contributed by atoms with Gasteiger partial charge in [0.05, 0.1) is 5.92 Å². The van der Waals surface area contributed by atoms with Gasteiger partial charge in [-0.25, -0.2) is 0 Å². The van der Waals surface area contributed by atoms with Crippen molar-refractivity contribution in [2.45, 2.75) is 32.2 Å². The molecular formula is C13H17NO2. The number of nitrogens with one attached hydrogen (secondary N) is 1. The number of aliphatic carboxylic acids is 1. The summed E-state index contributed by atoms with van der Waals surface area (Å²) in [6.45, 7) is 2.13. The maximum Gasteiger partial charge on any atom is 0.306 e. The first-order valence-corrected chi connectivity index (χ1v) is 5.78. The molecule has 1 aromatic rings. The minimum atomic E-state index is -0.665. The normalized spacial score (nSPS) is 23.6. The Morgan fingerprint density at radius 1 is 1.44 bits per heavy atom. The molecule has 1 aliphatic rings. The van der Waals surface area contributed by atoms with Gasteiger partial charge in [-0.3, -0.25) is 4.79 Å². The third-order valence-electron chi connectivity index (χ3n) is 3.25. The van der Waals surface area contributed by atoms with E-state index in [9.17, 15) is 4.79 Å². The van der Waals surface area contributed by atoms with Crippen LogP contribution < -0.4 is 5.32 Å². The lowest BCUT2D eigenvalue weighted by molar-refractivity contribution is -0.144. The van der Waals surface area contributed by atoms with E-state index in [1.54, 1.807) is 0 Å². The third kappa shape index (κ3) is 2.18. The number of aryl methyl sites for hydroxylation is 1. The van der Waals surface area contributed by atoms with Crippen molar-refractivity contribution in [3.05, 3.63) is 29.8 Å². The van der Waals surface area contributed by atoms with Crippen LogP contribution in [-0.2, 0) is 11.2 Å². The average Bonchev–Trinajstić information content (AvgIpc) is 2.22. The minimum Gasteiger partial charge on any atom is -0.481 e. The molecule has 0 spiro atoms. The van der Waals surface area contributed by atoms with Crippen molar-refractivity contribution < 1.29 is 9.90 Å². The molecule has 1 fully saturated rings. The van der Waals surface area contributed by atoms with Gasteiger partial charge in [-0.05, 0) is 30.9 Å². The highest BCUT2D eigenvalue weighted by molar-refractivity contribution is 5.71. The molecule has 86 valence electrons. The quantitative estimate of drug-likeness (QED) is 0.818. The SMILES string of the molecule is CCc1ccccc1NC1CC(C(=O)O)C1. The number of benzene rings is 1.